The van der Waals surface area contributed by atoms with E-state index in [9.17, 15) is 4.79 Å². The number of anilines is 1. The molecular formula is C10H9ClN2O2. The van der Waals surface area contributed by atoms with E-state index in [1.807, 2.05) is 6.07 Å². The summed E-state index contributed by atoms with van der Waals surface area (Å²) in [6.07, 6.45) is 0. The van der Waals surface area contributed by atoms with Crippen molar-refractivity contribution in [3.05, 3.63) is 23.3 Å². The quantitative estimate of drug-likeness (QED) is 0.480. The van der Waals surface area contributed by atoms with Crippen LogP contribution < -0.4 is 10.5 Å². The number of alkyl halides is 1. The standard InChI is InChI=1S/C10H9ClN2O2/c1-15-9-3-7(13)2-6(5-12)10(9)8(14)4-11/h2-3H,4,13H2,1H3. The van der Waals surface area contributed by atoms with Crippen LogP contribution in [0.25, 0.3) is 0 Å². The van der Waals surface area contributed by atoms with Crippen LogP contribution in [0.2, 0.25) is 0 Å². The lowest BCUT2D eigenvalue weighted by atomic mass is 10.0. The summed E-state index contributed by atoms with van der Waals surface area (Å²) < 4.78 is 4.98. The van der Waals surface area contributed by atoms with Crippen molar-refractivity contribution in [2.24, 2.45) is 0 Å². The van der Waals surface area contributed by atoms with Crippen LogP contribution in [0.4, 0.5) is 5.69 Å². The number of carbonyl (C=O) groups is 1. The van der Waals surface area contributed by atoms with Crippen molar-refractivity contribution < 1.29 is 9.53 Å². The molecule has 1 rings (SSSR count). The highest BCUT2D eigenvalue weighted by atomic mass is 35.5. The zero-order chi connectivity index (χ0) is 11.4. The van der Waals surface area contributed by atoms with Crippen LogP contribution in [0, 0.1) is 11.3 Å². The van der Waals surface area contributed by atoms with Crippen molar-refractivity contribution in [1.82, 2.24) is 0 Å². The molecule has 4 nitrogen and oxygen atoms in total. The number of hydrogen-bond acceptors (Lipinski definition) is 4. The highest BCUT2D eigenvalue weighted by molar-refractivity contribution is 6.31. The van der Waals surface area contributed by atoms with E-state index in [1.165, 1.54) is 19.2 Å². The Bertz CT molecular complexity index is 438. The smallest absolute Gasteiger partial charge is 0.182 e. The number of nitriles is 1. The van der Waals surface area contributed by atoms with E-state index >= 15 is 0 Å². The van der Waals surface area contributed by atoms with Crippen LogP contribution in [0.1, 0.15) is 15.9 Å². The molecule has 0 atom stereocenters. The van der Waals surface area contributed by atoms with Crippen LogP contribution in [-0.4, -0.2) is 18.8 Å². The van der Waals surface area contributed by atoms with Gasteiger partial charge in [0.2, 0.25) is 0 Å². The number of ether oxygens (including phenoxy) is 1. The first-order valence-corrected chi connectivity index (χ1v) is 4.64. The Hall–Kier alpha value is -1.73. The number of methoxy groups -OCH3 is 1. The van der Waals surface area contributed by atoms with Gasteiger partial charge in [-0.1, -0.05) is 0 Å². The second-order valence-corrected chi connectivity index (χ2v) is 3.08. The molecule has 2 N–H and O–H groups in total. The zero-order valence-corrected chi connectivity index (χ0v) is 8.84. The van der Waals surface area contributed by atoms with E-state index in [1.54, 1.807) is 0 Å². The first-order chi connectivity index (χ1) is 7.13. The fourth-order valence-electron chi connectivity index (χ4n) is 1.24. The Labute approximate surface area is 92.2 Å². The number of benzene rings is 1. The molecule has 1 aromatic carbocycles. The molecule has 15 heavy (non-hydrogen) atoms. The van der Waals surface area contributed by atoms with Gasteiger partial charge >= 0.3 is 0 Å². The lowest BCUT2D eigenvalue weighted by Crippen LogP contribution is -2.07. The van der Waals surface area contributed by atoms with E-state index in [2.05, 4.69) is 0 Å². The summed E-state index contributed by atoms with van der Waals surface area (Å²) in [7, 11) is 1.40. The Kier molecular flexibility index (Phi) is 3.53. The Morgan fingerprint density at radius 1 is 1.67 bits per heavy atom. The van der Waals surface area contributed by atoms with E-state index in [-0.39, 0.29) is 28.5 Å². The summed E-state index contributed by atoms with van der Waals surface area (Å²) in [5, 5.41) is 8.85. The number of rotatable bonds is 3. The van der Waals surface area contributed by atoms with Crippen LogP contribution in [-0.2, 0) is 0 Å². The van der Waals surface area contributed by atoms with Crippen molar-refractivity contribution >= 4 is 23.1 Å². The topological polar surface area (TPSA) is 76.1 Å². The fraction of sp³-hybridized carbons (Fsp3) is 0.200. The van der Waals surface area contributed by atoms with Gasteiger partial charge in [0, 0.05) is 11.8 Å². The van der Waals surface area contributed by atoms with Gasteiger partial charge in [-0.25, -0.2) is 0 Å². The highest BCUT2D eigenvalue weighted by Crippen LogP contribution is 2.26. The number of halogens is 1. The van der Waals surface area contributed by atoms with E-state index < -0.39 is 0 Å². The summed E-state index contributed by atoms with van der Waals surface area (Å²) >= 11 is 5.44. The monoisotopic (exact) mass is 224 g/mol. The van der Waals surface area contributed by atoms with Gasteiger partial charge in [-0.2, -0.15) is 5.26 Å². The maximum Gasteiger partial charge on any atom is 0.182 e. The van der Waals surface area contributed by atoms with Gasteiger partial charge in [0.1, 0.15) is 11.8 Å². The molecule has 78 valence electrons. The van der Waals surface area contributed by atoms with E-state index in [0.717, 1.165) is 0 Å². The summed E-state index contributed by atoms with van der Waals surface area (Å²) in [5.41, 5.74) is 6.28. The van der Waals surface area contributed by atoms with Crippen LogP contribution in [0.15, 0.2) is 12.1 Å². The van der Waals surface area contributed by atoms with Crippen molar-refractivity contribution in [2.75, 3.05) is 18.7 Å². The lowest BCUT2D eigenvalue weighted by Gasteiger charge is -2.09. The third kappa shape index (κ3) is 2.20. The molecule has 0 aliphatic rings. The van der Waals surface area contributed by atoms with Gasteiger partial charge in [0.05, 0.1) is 24.1 Å². The Morgan fingerprint density at radius 2 is 2.33 bits per heavy atom. The maximum atomic E-state index is 11.5. The average molecular weight is 225 g/mol. The third-order valence-corrected chi connectivity index (χ3v) is 2.11. The van der Waals surface area contributed by atoms with Crippen molar-refractivity contribution in [3.63, 3.8) is 0 Å². The molecule has 0 saturated heterocycles. The SMILES string of the molecule is COc1cc(N)cc(C#N)c1C(=O)CCl. The molecule has 0 aliphatic carbocycles. The second-order valence-electron chi connectivity index (χ2n) is 2.81. The minimum Gasteiger partial charge on any atom is -0.496 e. The van der Waals surface area contributed by atoms with Crippen molar-refractivity contribution in [2.45, 2.75) is 0 Å². The van der Waals surface area contributed by atoms with Crippen molar-refractivity contribution in [1.29, 1.82) is 5.26 Å². The van der Waals surface area contributed by atoms with Crippen LogP contribution in [0.3, 0.4) is 0 Å². The van der Waals surface area contributed by atoms with Gasteiger partial charge in [-0.05, 0) is 6.07 Å². The number of Topliss-reactive ketones (excluding diaryl/α,β-unsaturated/α-hetero) is 1. The molecule has 0 spiro atoms. The summed E-state index contributed by atoms with van der Waals surface area (Å²) in [6, 6.07) is 4.79. The third-order valence-electron chi connectivity index (χ3n) is 1.87. The summed E-state index contributed by atoms with van der Waals surface area (Å²) in [4.78, 5) is 11.5. The van der Waals surface area contributed by atoms with Gasteiger partial charge in [-0.3, -0.25) is 4.79 Å². The average Bonchev–Trinajstić information content (AvgIpc) is 2.26. The first-order valence-electron chi connectivity index (χ1n) is 4.10. The highest BCUT2D eigenvalue weighted by Gasteiger charge is 2.17. The van der Waals surface area contributed by atoms with Gasteiger partial charge < -0.3 is 10.5 Å². The van der Waals surface area contributed by atoms with Crippen LogP contribution >= 0.6 is 11.6 Å². The molecule has 0 fully saturated rings. The Morgan fingerprint density at radius 3 is 2.80 bits per heavy atom. The van der Waals surface area contributed by atoms with Gasteiger partial charge in [0.15, 0.2) is 5.78 Å². The number of nitrogen functional groups attached to an aromatic ring is 1. The summed E-state index contributed by atoms with van der Waals surface area (Å²) in [6.45, 7) is 0. The zero-order valence-electron chi connectivity index (χ0n) is 8.08. The molecule has 0 aliphatic heterocycles. The lowest BCUT2D eigenvalue weighted by molar-refractivity contribution is 0.101. The number of carbonyl (C=O) groups excluding carboxylic acids is 1. The minimum absolute atomic E-state index is 0.178. The van der Waals surface area contributed by atoms with E-state index in [4.69, 9.17) is 27.3 Å². The molecule has 0 bridgehead atoms. The number of nitrogens with two attached hydrogens (primary N) is 1. The van der Waals surface area contributed by atoms with Crippen molar-refractivity contribution in [3.8, 4) is 11.8 Å². The minimum atomic E-state index is -0.356. The molecule has 0 aromatic heterocycles. The molecule has 0 heterocycles. The first kappa shape index (κ1) is 11.3. The molecule has 0 amide bonds. The molecule has 0 radical (unpaired) electrons. The maximum absolute atomic E-state index is 11.5. The Balaban J connectivity index is 3.45. The molecule has 0 unspecified atom stereocenters. The number of ketones is 1. The fourth-order valence-corrected chi connectivity index (χ4v) is 1.37. The normalized spacial score (nSPS) is 9.40. The molecule has 5 heteroatoms. The number of nitrogens with zero attached hydrogens (tertiary/aromatic N) is 1. The second kappa shape index (κ2) is 4.67. The molecule has 1 aromatic rings. The van der Waals surface area contributed by atoms with E-state index in [0.29, 0.717) is 5.69 Å². The number of hydrogen-bond donors (Lipinski definition) is 1. The van der Waals surface area contributed by atoms with Gasteiger partial charge in [0.25, 0.3) is 0 Å². The molecule has 0 saturated carbocycles. The van der Waals surface area contributed by atoms with Gasteiger partial charge in [-0.15, -0.1) is 11.6 Å². The van der Waals surface area contributed by atoms with Crippen LogP contribution in [0.5, 0.6) is 5.75 Å². The largest absolute Gasteiger partial charge is 0.496 e. The predicted octanol–water partition coefficient (Wildman–Crippen LogP) is 1.57. The predicted molar refractivity (Wildman–Crippen MR) is 57.2 cm³/mol. The molecular weight excluding hydrogens is 216 g/mol. The summed E-state index contributed by atoms with van der Waals surface area (Å²) in [5.74, 6) is -0.281.